The van der Waals surface area contributed by atoms with Crippen LogP contribution in [0.3, 0.4) is 0 Å². The number of aryl methyl sites for hydroxylation is 1. The van der Waals surface area contributed by atoms with Gasteiger partial charge in [0.2, 0.25) is 5.91 Å². The molecule has 1 saturated heterocycles. The van der Waals surface area contributed by atoms with Crippen molar-refractivity contribution in [3.63, 3.8) is 0 Å². The van der Waals surface area contributed by atoms with Gasteiger partial charge in [-0.15, -0.1) is 0 Å². The summed E-state index contributed by atoms with van der Waals surface area (Å²) in [6.45, 7) is 4.29. The van der Waals surface area contributed by atoms with Gasteiger partial charge in [-0.1, -0.05) is 18.2 Å². The Labute approximate surface area is 119 Å². The molecule has 108 valence electrons. The van der Waals surface area contributed by atoms with Crippen molar-refractivity contribution in [1.29, 1.82) is 0 Å². The summed E-state index contributed by atoms with van der Waals surface area (Å²) in [5.74, 6) is 0.117. The largest absolute Gasteiger partial charge is 0.385 e. The van der Waals surface area contributed by atoms with Gasteiger partial charge in [-0.25, -0.2) is 0 Å². The number of amides is 1. The summed E-state index contributed by atoms with van der Waals surface area (Å²) >= 11 is 0. The number of ether oxygens (including phenoxy) is 1. The van der Waals surface area contributed by atoms with Crippen molar-refractivity contribution in [2.24, 2.45) is 5.92 Å². The van der Waals surface area contributed by atoms with Gasteiger partial charge in [0.25, 0.3) is 0 Å². The molecule has 3 rings (SSSR count). The molecule has 2 aliphatic heterocycles. The zero-order valence-electron chi connectivity index (χ0n) is 11.9. The highest BCUT2D eigenvalue weighted by atomic mass is 16.5. The van der Waals surface area contributed by atoms with Crippen molar-refractivity contribution >= 4 is 11.6 Å². The number of benzene rings is 1. The van der Waals surface area contributed by atoms with Gasteiger partial charge in [-0.3, -0.25) is 4.79 Å². The van der Waals surface area contributed by atoms with Gasteiger partial charge in [0, 0.05) is 25.4 Å². The van der Waals surface area contributed by atoms with Gasteiger partial charge in [0.1, 0.15) is 0 Å². The molecule has 2 N–H and O–H groups in total. The van der Waals surface area contributed by atoms with E-state index in [9.17, 15) is 4.79 Å². The first-order valence-electron chi connectivity index (χ1n) is 7.49. The summed E-state index contributed by atoms with van der Waals surface area (Å²) in [6.07, 6.45) is 3.17. The molecule has 0 radical (unpaired) electrons. The topological polar surface area (TPSA) is 50.4 Å². The lowest BCUT2D eigenvalue weighted by molar-refractivity contribution is -0.126. The predicted octanol–water partition coefficient (Wildman–Crippen LogP) is 2.09. The van der Waals surface area contributed by atoms with Crippen molar-refractivity contribution < 1.29 is 9.53 Å². The predicted molar refractivity (Wildman–Crippen MR) is 78.6 cm³/mol. The molecule has 0 saturated carbocycles. The van der Waals surface area contributed by atoms with Crippen LogP contribution in [0, 0.1) is 5.92 Å². The Morgan fingerprint density at radius 1 is 1.50 bits per heavy atom. The smallest absolute Gasteiger partial charge is 0.226 e. The quantitative estimate of drug-likeness (QED) is 0.887. The number of nitrogens with one attached hydrogen (secondary N) is 2. The van der Waals surface area contributed by atoms with Crippen molar-refractivity contribution in [3.05, 3.63) is 29.3 Å². The number of carbonyl (C=O) groups excluding carboxylic acids is 1. The van der Waals surface area contributed by atoms with E-state index in [2.05, 4.69) is 28.8 Å². The van der Waals surface area contributed by atoms with Crippen LogP contribution in [0.4, 0.5) is 5.69 Å². The van der Waals surface area contributed by atoms with E-state index in [0.717, 1.165) is 19.4 Å². The number of rotatable bonds is 3. The number of hydrogen-bond acceptors (Lipinski definition) is 3. The van der Waals surface area contributed by atoms with Crippen LogP contribution in [0.2, 0.25) is 0 Å². The van der Waals surface area contributed by atoms with E-state index in [-0.39, 0.29) is 17.9 Å². The van der Waals surface area contributed by atoms with Gasteiger partial charge in [-0.2, -0.15) is 0 Å². The molecule has 1 aromatic carbocycles. The van der Waals surface area contributed by atoms with Crippen molar-refractivity contribution in [1.82, 2.24) is 5.32 Å². The normalized spacial score (nSPS) is 24.9. The summed E-state index contributed by atoms with van der Waals surface area (Å²) < 4.78 is 5.46. The zero-order valence-corrected chi connectivity index (χ0v) is 11.9. The van der Waals surface area contributed by atoms with E-state index in [0.29, 0.717) is 13.2 Å². The molecule has 2 heterocycles. The molecular formula is C16H22N2O2. The fourth-order valence-electron chi connectivity index (χ4n) is 3.12. The lowest BCUT2D eigenvalue weighted by Gasteiger charge is -2.22. The lowest BCUT2D eigenvalue weighted by Crippen LogP contribution is -2.34. The summed E-state index contributed by atoms with van der Waals surface area (Å²) in [6, 6.07) is 6.33. The highest BCUT2D eigenvalue weighted by Gasteiger charge is 2.30. The number of hydrogen-bond donors (Lipinski definition) is 2. The minimum absolute atomic E-state index is 0.00231. The first-order chi connectivity index (χ1) is 9.75. The second-order valence-corrected chi connectivity index (χ2v) is 5.67. The van der Waals surface area contributed by atoms with Crippen LogP contribution < -0.4 is 10.6 Å². The average molecular weight is 274 g/mol. The van der Waals surface area contributed by atoms with E-state index in [4.69, 9.17) is 4.74 Å². The van der Waals surface area contributed by atoms with Crippen LogP contribution in [0.1, 0.15) is 30.9 Å². The Kier molecular flexibility index (Phi) is 3.92. The van der Waals surface area contributed by atoms with E-state index in [1.165, 1.54) is 23.2 Å². The van der Waals surface area contributed by atoms with Gasteiger partial charge >= 0.3 is 0 Å². The number of carbonyl (C=O) groups is 1. The molecule has 0 bridgehead atoms. The van der Waals surface area contributed by atoms with E-state index in [1.807, 2.05) is 6.92 Å². The highest BCUT2D eigenvalue weighted by molar-refractivity contribution is 5.79. The first kappa shape index (κ1) is 13.4. The fraction of sp³-hybridized carbons (Fsp3) is 0.562. The van der Waals surface area contributed by atoms with Crippen LogP contribution in [-0.4, -0.2) is 25.2 Å². The SMILES string of the molecule is CC1OCCC1C(=O)NCc1cccc2c1NCCC2. The summed E-state index contributed by atoms with van der Waals surface area (Å²) in [4.78, 5) is 12.2. The van der Waals surface area contributed by atoms with Gasteiger partial charge < -0.3 is 15.4 Å². The molecule has 2 atom stereocenters. The maximum absolute atomic E-state index is 12.2. The van der Waals surface area contributed by atoms with Gasteiger partial charge in [-0.05, 0) is 37.3 Å². The molecule has 4 heteroatoms. The standard InChI is InChI=1S/C16H22N2O2/c1-11-14(7-9-20-11)16(19)18-10-13-5-2-4-12-6-3-8-17-15(12)13/h2,4-5,11,14,17H,3,6-10H2,1H3,(H,18,19). The van der Waals surface area contributed by atoms with Crippen LogP contribution >= 0.6 is 0 Å². The molecule has 2 unspecified atom stereocenters. The molecule has 4 nitrogen and oxygen atoms in total. The van der Waals surface area contributed by atoms with Gasteiger partial charge in [0.15, 0.2) is 0 Å². The highest BCUT2D eigenvalue weighted by Crippen LogP contribution is 2.26. The number of anilines is 1. The van der Waals surface area contributed by atoms with Crippen LogP contribution in [0.15, 0.2) is 18.2 Å². The molecule has 0 aliphatic carbocycles. The number of fused-ring (bicyclic) bond motifs is 1. The van der Waals surface area contributed by atoms with Crippen molar-refractivity contribution in [3.8, 4) is 0 Å². The Morgan fingerprint density at radius 3 is 3.20 bits per heavy atom. The second-order valence-electron chi connectivity index (χ2n) is 5.67. The molecule has 0 aromatic heterocycles. The first-order valence-corrected chi connectivity index (χ1v) is 7.49. The Hall–Kier alpha value is -1.55. The maximum Gasteiger partial charge on any atom is 0.226 e. The van der Waals surface area contributed by atoms with E-state index < -0.39 is 0 Å². The summed E-state index contributed by atoms with van der Waals surface area (Å²) in [5.41, 5.74) is 3.76. The monoisotopic (exact) mass is 274 g/mol. The lowest BCUT2D eigenvalue weighted by atomic mass is 9.98. The third kappa shape index (κ3) is 2.66. The third-order valence-electron chi connectivity index (χ3n) is 4.33. The number of para-hydroxylation sites is 1. The fourth-order valence-corrected chi connectivity index (χ4v) is 3.12. The molecular weight excluding hydrogens is 252 g/mol. The molecule has 1 amide bonds. The Balaban J connectivity index is 1.65. The molecule has 0 spiro atoms. The van der Waals surface area contributed by atoms with Crippen molar-refractivity contribution in [2.45, 2.75) is 38.8 Å². The maximum atomic E-state index is 12.2. The van der Waals surface area contributed by atoms with Crippen LogP contribution in [0.5, 0.6) is 0 Å². The molecule has 2 aliphatic rings. The van der Waals surface area contributed by atoms with Gasteiger partial charge in [0.05, 0.1) is 12.0 Å². The van der Waals surface area contributed by atoms with E-state index in [1.54, 1.807) is 0 Å². The zero-order chi connectivity index (χ0) is 13.9. The third-order valence-corrected chi connectivity index (χ3v) is 4.33. The van der Waals surface area contributed by atoms with Crippen LogP contribution in [0.25, 0.3) is 0 Å². The average Bonchev–Trinajstić information content (AvgIpc) is 2.91. The van der Waals surface area contributed by atoms with Crippen molar-refractivity contribution in [2.75, 3.05) is 18.5 Å². The summed E-state index contributed by atoms with van der Waals surface area (Å²) in [7, 11) is 0. The Bertz CT molecular complexity index is 501. The van der Waals surface area contributed by atoms with E-state index >= 15 is 0 Å². The Morgan fingerprint density at radius 2 is 2.40 bits per heavy atom. The molecule has 20 heavy (non-hydrogen) atoms. The van der Waals surface area contributed by atoms with Crippen LogP contribution in [-0.2, 0) is 22.5 Å². The minimum Gasteiger partial charge on any atom is -0.385 e. The summed E-state index contributed by atoms with van der Waals surface area (Å²) in [5, 5.41) is 6.52. The molecule has 1 fully saturated rings. The molecule has 1 aromatic rings. The second kappa shape index (κ2) is 5.83. The minimum atomic E-state index is 0.00231.